The van der Waals surface area contributed by atoms with Crippen LogP contribution in [0.1, 0.15) is 74.1 Å². The number of ether oxygens (including phenoxy) is 2. The van der Waals surface area contributed by atoms with Gasteiger partial charge in [0.1, 0.15) is 5.78 Å². The van der Waals surface area contributed by atoms with Crippen LogP contribution in [0.4, 0.5) is 0 Å². The summed E-state index contributed by atoms with van der Waals surface area (Å²) in [5, 5.41) is 0.183. The predicted molar refractivity (Wildman–Crippen MR) is 128 cm³/mol. The number of hydrogen-bond donors (Lipinski definition) is 0. The van der Waals surface area contributed by atoms with E-state index in [4.69, 9.17) is 13.9 Å². The second kappa shape index (κ2) is 9.56. The Labute approximate surface area is 192 Å². The lowest BCUT2D eigenvalue weighted by atomic mass is 9.65. The molecular formula is C26H48O4Si. The first-order valence-electron chi connectivity index (χ1n) is 12.9. The second-order valence-electron chi connectivity index (χ2n) is 12.0. The predicted octanol–water partition coefficient (Wildman–Crippen LogP) is 6.30. The van der Waals surface area contributed by atoms with E-state index in [-0.39, 0.29) is 29.3 Å². The summed E-state index contributed by atoms with van der Waals surface area (Å²) in [4.78, 5) is 13.7. The van der Waals surface area contributed by atoms with Crippen molar-refractivity contribution in [2.45, 2.75) is 105 Å². The lowest BCUT2D eigenvalue weighted by molar-refractivity contribution is -0.172. The third kappa shape index (κ3) is 4.72. The average Bonchev–Trinajstić information content (AvgIpc) is 3.17. The van der Waals surface area contributed by atoms with Crippen molar-refractivity contribution in [2.24, 2.45) is 41.4 Å². The van der Waals surface area contributed by atoms with E-state index in [0.29, 0.717) is 48.6 Å². The zero-order chi connectivity index (χ0) is 23.1. The van der Waals surface area contributed by atoms with Crippen LogP contribution in [0, 0.1) is 41.4 Å². The molecule has 3 aliphatic carbocycles. The van der Waals surface area contributed by atoms with Gasteiger partial charge in [-0.15, -0.1) is 0 Å². The molecule has 31 heavy (non-hydrogen) atoms. The van der Waals surface area contributed by atoms with Crippen LogP contribution < -0.4 is 0 Å². The molecule has 3 saturated carbocycles. The molecule has 0 N–H and O–H groups in total. The largest absolute Gasteiger partial charge is 0.414 e. The third-order valence-electron chi connectivity index (χ3n) is 9.32. The Morgan fingerprint density at radius 1 is 1.00 bits per heavy atom. The van der Waals surface area contributed by atoms with E-state index >= 15 is 0 Å². The van der Waals surface area contributed by atoms with Crippen LogP contribution in [-0.4, -0.2) is 39.7 Å². The van der Waals surface area contributed by atoms with Gasteiger partial charge < -0.3 is 13.9 Å². The monoisotopic (exact) mass is 452 g/mol. The van der Waals surface area contributed by atoms with Gasteiger partial charge in [-0.3, -0.25) is 4.79 Å². The van der Waals surface area contributed by atoms with Crippen molar-refractivity contribution < 1.29 is 18.7 Å². The molecule has 0 spiro atoms. The third-order valence-corrected chi connectivity index (χ3v) is 13.8. The molecule has 0 saturated heterocycles. The van der Waals surface area contributed by atoms with Crippen LogP contribution in [0.3, 0.4) is 0 Å². The molecule has 4 nitrogen and oxygen atoms in total. The van der Waals surface area contributed by atoms with Crippen molar-refractivity contribution in [3.05, 3.63) is 0 Å². The van der Waals surface area contributed by atoms with Gasteiger partial charge in [-0.05, 0) is 80.8 Å². The van der Waals surface area contributed by atoms with Crippen LogP contribution >= 0.6 is 0 Å². The molecule has 0 amide bonds. The van der Waals surface area contributed by atoms with Gasteiger partial charge in [-0.25, -0.2) is 0 Å². The highest BCUT2D eigenvalue weighted by molar-refractivity contribution is 6.74. The molecule has 0 aliphatic heterocycles. The van der Waals surface area contributed by atoms with E-state index in [1.54, 1.807) is 0 Å². The van der Waals surface area contributed by atoms with Gasteiger partial charge in [-0.2, -0.15) is 0 Å². The molecular weight excluding hydrogens is 404 g/mol. The minimum Gasteiger partial charge on any atom is -0.414 e. The van der Waals surface area contributed by atoms with Gasteiger partial charge in [0.25, 0.3) is 0 Å². The molecule has 180 valence electrons. The molecule has 0 aromatic heterocycles. The number of fused-ring (bicyclic) bond motifs is 3. The number of carbonyl (C=O) groups excluding carboxylic acids is 1. The summed E-state index contributed by atoms with van der Waals surface area (Å²) in [7, 11) is -1.91. The second-order valence-corrected chi connectivity index (χ2v) is 16.7. The summed E-state index contributed by atoms with van der Waals surface area (Å²) in [6.07, 6.45) is 4.15. The van der Waals surface area contributed by atoms with Crippen molar-refractivity contribution in [2.75, 3.05) is 13.2 Å². The first-order chi connectivity index (χ1) is 14.5. The maximum atomic E-state index is 13.7. The van der Waals surface area contributed by atoms with Gasteiger partial charge in [0, 0.05) is 25.2 Å². The first-order valence-corrected chi connectivity index (χ1v) is 15.8. The SMILES string of the molecule is CCOC(OCC)[C@@H]1C[C@@H]2[C@H]3C[C@@H](C)[C@@H](CC)[C@@H]3[C@H](O[Si](C)(C)C(C)(C)C)C[C@@H]2C1=O. The van der Waals surface area contributed by atoms with Gasteiger partial charge in [-0.1, -0.05) is 41.0 Å². The summed E-state index contributed by atoms with van der Waals surface area (Å²) in [5.41, 5.74) is 0. The average molecular weight is 453 g/mol. The minimum absolute atomic E-state index is 0.113. The fraction of sp³-hybridized carbons (Fsp3) is 0.962. The Hall–Kier alpha value is -0.233. The lowest BCUT2D eigenvalue weighted by Crippen LogP contribution is -2.51. The highest BCUT2D eigenvalue weighted by atomic mass is 28.4. The fourth-order valence-electron chi connectivity index (χ4n) is 6.91. The summed E-state index contributed by atoms with van der Waals surface area (Å²) < 4.78 is 18.9. The standard InChI is InChI=1S/C26H48O4Si/c1-10-17-16(4)13-19-18-14-21(25(28-11-2)29-12-3)24(27)20(18)15-22(23(17)19)30-31(8,9)26(5,6)7/h16-23,25H,10-15H2,1-9H3/t16-,17-,18-,19-,20+,21-,22-,23+/m1/s1. The van der Waals surface area contributed by atoms with E-state index in [1.807, 2.05) is 13.8 Å². The molecule has 0 unspecified atom stereocenters. The zero-order valence-electron chi connectivity index (χ0n) is 21.6. The fourth-order valence-corrected chi connectivity index (χ4v) is 8.28. The lowest BCUT2D eigenvalue weighted by Gasteiger charge is -2.48. The van der Waals surface area contributed by atoms with Crippen molar-refractivity contribution in [1.29, 1.82) is 0 Å². The van der Waals surface area contributed by atoms with Gasteiger partial charge in [0.05, 0.1) is 5.92 Å². The molecule has 0 radical (unpaired) electrons. The number of carbonyl (C=O) groups is 1. The summed E-state index contributed by atoms with van der Waals surface area (Å²) in [6.45, 7) is 21.6. The highest BCUT2D eigenvalue weighted by Crippen LogP contribution is 2.60. The number of rotatable bonds is 8. The number of Topliss-reactive ketones (excluding diaryl/α,β-unsaturated/α-hetero) is 1. The number of ketones is 1. The first kappa shape index (κ1) is 25.4. The van der Waals surface area contributed by atoms with E-state index in [9.17, 15) is 4.79 Å². The quantitative estimate of drug-likeness (QED) is 0.320. The van der Waals surface area contributed by atoms with Gasteiger partial charge in [0.2, 0.25) is 0 Å². The Morgan fingerprint density at radius 2 is 1.61 bits per heavy atom. The van der Waals surface area contributed by atoms with E-state index < -0.39 is 8.32 Å². The Balaban J connectivity index is 1.90. The maximum absolute atomic E-state index is 13.7. The highest BCUT2D eigenvalue weighted by Gasteiger charge is 2.60. The summed E-state index contributed by atoms with van der Waals surface area (Å²) >= 11 is 0. The van der Waals surface area contributed by atoms with Crippen LogP contribution in [-0.2, 0) is 18.7 Å². The van der Waals surface area contributed by atoms with E-state index in [2.05, 4.69) is 47.7 Å². The van der Waals surface area contributed by atoms with Gasteiger partial charge in [0.15, 0.2) is 14.6 Å². The Bertz CT molecular complexity index is 621. The molecule has 0 heterocycles. The van der Waals surface area contributed by atoms with Gasteiger partial charge >= 0.3 is 0 Å². The molecule has 0 aromatic carbocycles. The molecule has 8 atom stereocenters. The maximum Gasteiger partial charge on any atom is 0.192 e. The molecule has 0 aromatic rings. The molecule has 3 aliphatic rings. The summed E-state index contributed by atoms with van der Waals surface area (Å²) in [5.74, 6) is 3.49. The van der Waals surface area contributed by atoms with Crippen LogP contribution in [0.5, 0.6) is 0 Å². The smallest absolute Gasteiger partial charge is 0.192 e. The van der Waals surface area contributed by atoms with Crippen molar-refractivity contribution >= 4 is 14.1 Å². The van der Waals surface area contributed by atoms with Crippen LogP contribution in [0.25, 0.3) is 0 Å². The molecule has 3 rings (SSSR count). The van der Waals surface area contributed by atoms with Crippen LogP contribution in [0.2, 0.25) is 18.1 Å². The van der Waals surface area contributed by atoms with Crippen molar-refractivity contribution in [3.8, 4) is 0 Å². The van der Waals surface area contributed by atoms with Crippen molar-refractivity contribution in [1.82, 2.24) is 0 Å². The summed E-state index contributed by atoms with van der Waals surface area (Å²) in [6, 6.07) is 0. The van der Waals surface area contributed by atoms with Crippen molar-refractivity contribution in [3.63, 3.8) is 0 Å². The van der Waals surface area contributed by atoms with E-state index in [0.717, 1.165) is 12.8 Å². The minimum atomic E-state index is -1.91. The normalized spacial score (nSPS) is 38.6. The zero-order valence-corrected chi connectivity index (χ0v) is 22.6. The molecule has 0 bridgehead atoms. The molecule has 3 fully saturated rings. The Morgan fingerprint density at radius 3 is 2.13 bits per heavy atom. The molecule has 5 heteroatoms. The topological polar surface area (TPSA) is 44.8 Å². The van der Waals surface area contributed by atoms with E-state index in [1.165, 1.54) is 12.8 Å². The Kier molecular flexibility index (Phi) is 7.83. The number of hydrogen-bond acceptors (Lipinski definition) is 4. The van der Waals surface area contributed by atoms with Crippen LogP contribution in [0.15, 0.2) is 0 Å².